The van der Waals surface area contributed by atoms with E-state index in [9.17, 15) is 10.1 Å². The third kappa shape index (κ3) is 2.54. The van der Waals surface area contributed by atoms with E-state index in [1.165, 1.54) is 12.8 Å². The van der Waals surface area contributed by atoms with E-state index in [1.807, 2.05) is 6.07 Å². The van der Waals surface area contributed by atoms with Crippen LogP contribution in [-0.2, 0) is 0 Å². The average Bonchev–Trinajstić information content (AvgIpc) is 3.09. The molecule has 0 aromatic heterocycles. The summed E-state index contributed by atoms with van der Waals surface area (Å²) in [4.78, 5) is 13.2. The molecule has 2 aliphatic heterocycles. The molecule has 0 spiro atoms. The van der Waals surface area contributed by atoms with Gasteiger partial charge in [-0.1, -0.05) is 15.9 Å². The number of nitrogens with one attached hydrogen (secondary N) is 1. The molecule has 2 heterocycles. The van der Waals surface area contributed by atoms with E-state index in [0.29, 0.717) is 12.1 Å². The molecule has 2 atom stereocenters. The summed E-state index contributed by atoms with van der Waals surface area (Å²) in [5.74, 6) is 0. The molecule has 1 aromatic rings. The lowest BCUT2D eigenvalue weighted by Crippen LogP contribution is -2.44. The van der Waals surface area contributed by atoms with Crippen LogP contribution in [0.3, 0.4) is 0 Å². The SMILES string of the molecule is O=[N+]([O-])c1ccc(Br)cc1N1CCCC1C1CCCN1. The van der Waals surface area contributed by atoms with E-state index in [1.54, 1.807) is 12.1 Å². The Balaban J connectivity index is 1.94. The second-order valence-electron chi connectivity index (χ2n) is 5.50. The molecule has 0 aliphatic carbocycles. The van der Waals surface area contributed by atoms with Gasteiger partial charge in [0.05, 0.1) is 4.92 Å². The minimum absolute atomic E-state index is 0.207. The number of halogens is 1. The Morgan fingerprint density at radius 1 is 1.35 bits per heavy atom. The predicted molar refractivity (Wildman–Crippen MR) is 82.2 cm³/mol. The summed E-state index contributed by atoms with van der Waals surface area (Å²) in [6, 6.07) is 6.06. The molecule has 2 saturated heterocycles. The first-order chi connectivity index (χ1) is 9.66. The molecule has 1 N–H and O–H groups in total. The normalized spacial score (nSPS) is 26.1. The maximum atomic E-state index is 11.3. The third-order valence-corrected chi connectivity index (χ3v) is 4.80. The Bertz CT molecular complexity index is 517. The molecule has 6 heteroatoms. The van der Waals surface area contributed by atoms with E-state index in [0.717, 1.165) is 36.1 Å². The fourth-order valence-electron chi connectivity index (χ4n) is 3.43. The van der Waals surface area contributed by atoms with Gasteiger partial charge in [0.2, 0.25) is 0 Å². The molecule has 2 fully saturated rings. The summed E-state index contributed by atoms with van der Waals surface area (Å²) in [5.41, 5.74) is 0.957. The van der Waals surface area contributed by atoms with Crippen LogP contribution in [0.1, 0.15) is 25.7 Å². The molecular formula is C14H18BrN3O2. The number of benzene rings is 1. The van der Waals surface area contributed by atoms with Crippen LogP contribution in [0.5, 0.6) is 0 Å². The van der Waals surface area contributed by atoms with Crippen molar-refractivity contribution in [3.05, 3.63) is 32.8 Å². The average molecular weight is 340 g/mol. The van der Waals surface area contributed by atoms with Crippen molar-refractivity contribution < 1.29 is 4.92 Å². The minimum Gasteiger partial charge on any atom is -0.361 e. The molecule has 2 unspecified atom stereocenters. The standard InChI is InChI=1S/C14H18BrN3O2/c15-10-5-6-13(18(19)20)14(9-10)17-8-2-4-12(17)11-3-1-7-16-11/h5-6,9,11-12,16H,1-4,7-8H2. The topological polar surface area (TPSA) is 58.4 Å². The first kappa shape index (κ1) is 13.8. The quantitative estimate of drug-likeness (QED) is 0.679. The highest BCUT2D eigenvalue weighted by Crippen LogP contribution is 2.37. The molecule has 0 radical (unpaired) electrons. The monoisotopic (exact) mass is 339 g/mol. The van der Waals surface area contributed by atoms with Gasteiger partial charge in [-0.05, 0) is 44.4 Å². The summed E-state index contributed by atoms with van der Waals surface area (Å²) >= 11 is 3.43. The molecule has 0 saturated carbocycles. The lowest BCUT2D eigenvalue weighted by Gasteiger charge is -2.31. The number of hydrogen-bond acceptors (Lipinski definition) is 4. The number of rotatable bonds is 3. The van der Waals surface area contributed by atoms with Crippen molar-refractivity contribution in [2.24, 2.45) is 0 Å². The molecule has 2 aliphatic rings. The van der Waals surface area contributed by atoms with Crippen molar-refractivity contribution in [1.82, 2.24) is 5.32 Å². The van der Waals surface area contributed by atoms with E-state index in [4.69, 9.17) is 0 Å². The lowest BCUT2D eigenvalue weighted by molar-refractivity contribution is -0.384. The van der Waals surface area contributed by atoms with Gasteiger partial charge in [0.15, 0.2) is 0 Å². The highest BCUT2D eigenvalue weighted by atomic mass is 79.9. The zero-order chi connectivity index (χ0) is 14.1. The largest absolute Gasteiger partial charge is 0.361 e. The molecular weight excluding hydrogens is 322 g/mol. The Hall–Kier alpha value is -1.14. The van der Waals surface area contributed by atoms with Crippen LogP contribution in [0, 0.1) is 10.1 Å². The van der Waals surface area contributed by atoms with Gasteiger partial charge in [0.25, 0.3) is 5.69 Å². The van der Waals surface area contributed by atoms with Crippen LogP contribution in [0.4, 0.5) is 11.4 Å². The van der Waals surface area contributed by atoms with Crippen molar-refractivity contribution in [3.63, 3.8) is 0 Å². The second-order valence-corrected chi connectivity index (χ2v) is 6.41. The third-order valence-electron chi connectivity index (χ3n) is 4.31. The van der Waals surface area contributed by atoms with Crippen LogP contribution in [-0.4, -0.2) is 30.1 Å². The smallest absolute Gasteiger partial charge is 0.292 e. The maximum absolute atomic E-state index is 11.3. The molecule has 1 aromatic carbocycles. The fraction of sp³-hybridized carbons (Fsp3) is 0.571. The van der Waals surface area contributed by atoms with Crippen LogP contribution >= 0.6 is 15.9 Å². The number of nitrogens with zero attached hydrogens (tertiary/aromatic N) is 2. The van der Waals surface area contributed by atoms with Gasteiger partial charge in [0.1, 0.15) is 5.69 Å². The van der Waals surface area contributed by atoms with Crippen LogP contribution in [0.25, 0.3) is 0 Å². The van der Waals surface area contributed by atoms with Crippen molar-refractivity contribution in [2.45, 2.75) is 37.8 Å². The molecule has 3 rings (SSSR count). The predicted octanol–water partition coefficient (Wildman–Crippen LogP) is 3.08. The number of anilines is 1. The van der Waals surface area contributed by atoms with Crippen molar-refractivity contribution in [3.8, 4) is 0 Å². The molecule has 5 nitrogen and oxygen atoms in total. The van der Waals surface area contributed by atoms with Crippen molar-refractivity contribution in [2.75, 3.05) is 18.0 Å². The first-order valence-corrected chi connectivity index (χ1v) is 7.90. The summed E-state index contributed by atoms with van der Waals surface area (Å²) < 4.78 is 0.892. The first-order valence-electron chi connectivity index (χ1n) is 7.11. The molecule has 108 valence electrons. The molecule has 0 bridgehead atoms. The minimum atomic E-state index is -0.279. The Labute approximate surface area is 126 Å². The fourth-order valence-corrected chi connectivity index (χ4v) is 3.78. The van der Waals surface area contributed by atoms with E-state index >= 15 is 0 Å². The van der Waals surface area contributed by atoms with E-state index in [2.05, 4.69) is 26.1 Å². The van der Waals surface area contributed by atoms with E-state index in [-0.39, 0.29) is 10.6 Å². The summed E-state index contributed by atoms with van der Waals surface area (Å²) in [5, 5.41) is 14.8. The van der Waals surface area contributed by atoms with Gasteiger partial charge in [-0.3, -0.25) is 10.1 Å². The number of hydrogen-bond donors (Lipinski definition) is 1. The van der Waals surface area contributed by atoms with Gasteiger partial charge in [-0.25, -0.2) is 0 Å². The Morgan fingerprint density at radius 2 is 2.20 bits per heavy atom. The summed E-state index contributed by atoms with van der Waals surface area (Å²) in [6.45, 7) is 1.97. The molecule has 0 amide bonds. The second kappa shape index (κ2) is 5.69. The van der Waals surface area contributed by atoms with Crippen LogP contribution in [0.2, 0.25) is 0 Å². The van der Waals surface area contributed by atoms with Gasteiger partial charge in [0, 0.05) is 29.2 Å². The van der Waals surface area contributed by atoms with Gasteiger partial charge in [-0.15, -0.1) is 0 Å². The zero-order valence-electron chi connectivity index (χ0n) is 11.2. The zero-order valence-corrected chi connectivity index (χ0v) is 12.8. The van der Waals surface area contributed by atoms with Crippen molar-refractivity contribution in [1.29, 1.82) is 0 Å². The highest BCUT2D eigenvalue weighted by molar-refractivity contribution is 9.10. The van der Waals surface area contributed by atoms with Crippen LogP contribution in [0.15, 0.2) is 22.7 Å². The molecule has 20 heavy (non-hydrogen) atoms. The Morgan fingerprint density at radius 3 is 2.90 bits per heavy atom. The van der Waals surface area contributed by atoms with Gasteiger partial charge in [-0.2, -0.15) is 0 Å². The number of nitro groups is 1. The van der Waals surface area contributed by atoms with Crippen LogP contribution < -0.4 is 10.2 Å². The van der Waals surface area contributed by atoms with Gasteiger partial charge < -0.3 is 10.2 Å². The lowest BCUT2D eigenvalue weighted by atomic mass is 10.0. The summed E-state index contributed by atoms with van der Waals surface area (Å²) in [7, 11) is 0. The Kier molecular flexibility index (Phi) is 3.94. The number of nitro benzene ring substituents is 1. The van der Waals surface area contributed by atoms with E-state index < -0.39 is 0 Å². The highest BCUT2D eigenvalue weighted by Gasteiger charge is 2.35. The maximum Gasteiger partial charge on any atom is 0.292 e. The van der Waals surface area contributed by atoms with Gasteiger partial charge >= 0.3 is 0 Å². The van der Waals surface area contributed by atoms with Crippen molar-refractivity contribution >= 4 is 27.3 Å². The summed E-state index contributed by atoms with van der Waals surface area (Å²) in [6.07, 6.45) is 4.59.